The van der Waals surface area contributed by atoms with Gasteiger partial charge in [-0.25, -0.2) is 18.2 Å². The topological polar surface area (TPSA) is 67.6 Å². The summed E-state index contributed by atoms with van der Waals surface area (Å²) in [6.45, 7) is 3.74. The highest BCUT2D eigenvalue weighted by Crippen LogP contribution is 2.42. The molecule has 0 aromatic heterocycles. The first-order valence-corrected chi connectivity index (χ1v) is 10.8. The molecule has 3 N–H and O–H groups in total. The number of hydrazine groups is 1. The van der Waals surface area contributed by atoms with Crippen molar-refractivity contribution < 1.29 is 22.7 Å². The first-order chi connectivity index (χ1) is 15.2. The Morgan fingerprint density at radius 2 is 2.00 bits per heavy atom. The molecule has 1 aliphatic rings. The molecule has 0 radical (unpaired) electrons. The molecule has 1 amide bonds. The molecular weight excluding hydrogens is 439 g/mol. The number of carbonyl (C=O) groups is 1. The second-order valence-corrected chi connectivity index (χ2v) is 8.28. The Morgan fingerprint density at radius 3 is 2.69 bits per heavy atom. The third-order valence-corrected chi connectivity index (χ3v) is 5.91. The predicted octanol–water partition coefficient (Wildman–Crippen LogP) is 4.32. The van der Waals surface area contributed by atoms with Crippen molar-refractivity contribution in [2.24, 2.45) is 11.7 Å². The van der Waals surface area contributed by atoms with Crippen LogP contribution in [0.5, 0.6) is 5.75 Å². The van der Waals surface area contributed by atoms with E-state index in [-0.39, 0.29) is 28.8 Å². The SMILES string of the molecule is CC(=O)N(NC(=S)c1cc(F)ccc1C)C1c2cc(F)cc(F)c2OCC[C@@H]1CCCN. The van der Waals surface area contributed by atoms with Crippen molar-refractivity contribution in [3.63, 3.8) is 0 Å². The fourth-order valence-electron chi connectivity index (χ4n) is 4.06. The van der Waals surface area contributed by atoms with Gasteiger partial charge in [0.1, 0.15) is 16.6 Å². The van der Waals surface area contributed by atoms with E-state index >= 15 is 0 Å². The fourth-order valence-corrected chi connectivity index (χ4v) is 4.38. The number of hydrogen-bond donors (Lipinski definition) is 2. The second kappa shape index (κ2) is 10.3. The number of nitrogens with one attached hydrogen (secondary N) is 1. The Kier molecular flexibility index (Phi) is 7.73. The molecule has 3 rings (SSSR count). The monoisotopic (exact) mass is 465 g/mol. The average molecular weight is 466 g/mol. The Labute approximate surface area is 190 Å². The van der Waals surface area contributed by atoms with Crippen molar-refractivity contribution in [3.05, 3.63) is 64.5 Å². The van der Waals surface area contributed by atoms with Crippen molar-refractivity contribution in [2.45, 2.75) is 39.2 Å². The maximum atomic E-state index is 14.6. The molecular formula is C23H26F3N3O2S. The van der Waals surface area contributed by atoms with Gasteiger partial charge in [0, 0.05) is 24.1 Å². The van der Waals surface area contributed by atoms with Crippen molar-refractivity contribution in [1.82, 2.24) is 10.4 Å². The van der Waals surface area contributed by atoms with Crippen LogP contribution in [0.1, 0.15) is 48.9 Å². The summed E-state index contributed by atoms with van der Waals surface area (Å²) < 4.78 is 48.2. The Morgan fingerprint density at radius 1 is 1.25 bits per heavy atom. The number of nitrogens with two attached hydrogens (primary N) is 1. The van der Waals surface area contributed by atoms with Gasteiger partial charge >= 0.3 is 0 Å². The minimum Gasteiger partial charge on any atom is -0.490 e. The molecule has 172 valence electrons. The normalized spacial score (nSPS) is 17.7. The van der Waals surface area contributed by atoms with Crippen LogP contribution in [0.25, 0.3) is 0 Å². The third kappa shape index (κ3) is 5.21. The van der Waals surface area contributed by atoms with Gasteiger partial charge in [-0.1, -0.05) is 18.3 Å². The lowest BCUT2D eigenvalue weighted by Crippen LogP contribution is -2.49. The van der Waals surface area contributed by atoms with Gasteiger partial charge in [-0.05, 0) is 62.4 Å². The molecule has 1 aliphatic heterocycles. The quantitative estimate of drug-likeness (QED) is 0.509. The first kappa shape index (κ1) is 24.0. The summed E-state index contributed by atoms with van der Waals surface area (Å²) in [4.78, 5) is 12.9. The van der Waals surface area contributed by atoms with E-state index in [0.717, 1.165) is 6.07 Å². The van der Waals surface area contributed by atoms with Gasteiger partial charge in [0.25, 0.3) is 0 Å². The van der Waals surface area contributed by atoms with E-state index in [0.29, 0.717) is 36.9 Å². The van der Waals surface area contributed by atoms with Gasteiger partial charge in [-0.3, -0.25) is 10.2 Å². The summed E-state index contributed by atoms with van der Waals surface area (Å²) in [6.07, 6.45) is 1.77. The number of nitrogens with zero attached hydrogens (tertiary/aromatic N) is 1. The maximum absolute atomic E-state index is 14.6. The molecule has 0 aliphatic carbocycles. The van der Waals surface area contributed by atoms with E-state index in [4.69, 9.17) is 22.7 Å². The Bertz CT molecular complexity index is 1020. The van der Waals surface area contributed by atoms with E-state index in [2.05, 4.69) is 5.43 Å². The number of rotatable bonds is 5. The van der Waals surface area contributed by atoms with Crippen LogP contribution in [0.15, 0.2) is 30.3 Å². The molecule has 9 heteroatoms. The van der Waals surface area contributed by atoms with Gasteiger partial charge in [0.05, 0.1) is 12.6 Å². The van der Waals surface area contributed by atoms with Crippen LogP contribution in [0.3, 0.4) is 0 Å². The molecule has 2 aromatic carbocycles. The van der Waals surface area contributed by atoms with Crippen molar-refractivity contribution in [2.75, 3.05) is 13.2 Å². The zero-order valence-electron chi connectivity index (χ0n) is 18.0. The summed E-state index contributed by atoms with van der Waals surface area (Å²) >= 11 is 5.47. The summed E-state index contributed by atoms with van der Waals surface area (Å²) in [5.74, 6) is -2.79. The van der Waals surface area contributed by atoms with Crippen LogP contribution in [0.4, 0.5) is 13.2 Å². The molecule has 0 fully saturated rings. The number of ether oxygens (including phenoxy) is 1. The zero-order chi connectivity index (χ0) is 23.4. The van der Waals surface area contributed by atoms with Gasteiger partial charge in [-0.2, -0.15) is 0 Å². The summed E-state index contributed by atoms with van der Waals surface area (Å²) in [6, 6.07) is 5.34. The lowest BCUT2D eigenvalue weighted by Gasteiger charge is -2.36. The smallest absolute Gasteiger partial charge is 0.238 e. The molecule has 2 aromatic rings. The van der Waals surface area contributed by atoms with Crippen LogP contribution in [0, 0.1) is 30.3 Å². The second-order valence-electron chi connectivity index (χ2n) is 7.87. The Hall–Kier alpha value is -2.65. The standard InChI is InChI=1S/C23H26F3N3O2S/c1-13-5-6-16(24)10-18(13)23(32)28-29(14(2)30)21-15(4-3-8-27)7-9-31-22-19(21)11-17(25)12-20(22)26/h5-6,10-12,15,21H,3-4,7-9,27H2,1-2H3,(H,28,32)/t15-,21?/m0/s1. The highest BCUT2D eigenvalue weighted by atomic mass is 32.1. The molecule has 1 unspecified atom stereocenters. The minimum atomic E-state index is -0.837. The van der Waals surface area contributed by atoms with Crippen LogP contribution < -0.4 is 15.9 Å². The number of amides is 1. The highest BCUT2D eigenvalue weighted by Gasteiger charge is 2.37. The number of carbonyl (C=O) groups excluding carboxylic acids is 1. The van der Waals surface area contributed by atoms with Gasteiger partial charge in [0.15, 0.2) is 11.6 Å². The van der Waals surface area contributed by atoms with Crippen LogP contribution in [-0.2, 0) is 4.79 Å². The average Bonchev–Trinajstić information content (AvgIpc) is 2.91. The summed E-state index contributed by atoms with van der Waals surface area (Å²) in [5.41, 5.74) is 9.94. The lowest BCUT2D eigenvalue weighted by molar-refractivity contribution is -0.135. The number of halogens is 3. The Balaban J connectivity index is 2.07. The highest BCUT2D eigenvalue weighted by molar-refractivity contribution is 7.80. The fraction of sp³-hybridized carbons (Fsp3) is 0.391. The number of thiocarbonyl (C=S) groups is 1. The lowest BCUT2D eigenvalue weighted by atomic mass is 9.86. The van der Waals surface area contributed by atoms with Gasteiger partial charge in [0.2, 0.25) is 5.91 Å². The zero-order valence-corrected chi connectivity index (χ0v) is 18.8. The largest absolute Gasteiger partial charge is 0.490 e. The van der Waals surface area contributed by atoms with E-state index in [1.807, 2.05) is 0 Å². The molecule has 0 saturated carbocycles. The molecule has 0 saturated heterocycles. The third-order valence-electron chi connectivity index (χ3n) is 5.60. The summed E-state index contributed by atoms with van der Waals surface area (Å²) in [7, 11) is 0. The van der Waals surface area contributed by atoms with E-state index in [1.54, 1.807) is 13.0 Å². The summed E-state index contributed by atoms with van der Waals surface area (Å²) in [5, 5.41) is 1.26. The molecule has 0 bridgehead atoms. The van der Waals surface area contributed by atoms with Crippen LogP contribution >= 0.6 is 12.2 Å². The van der Waals surface area contributed by atoms with E-state index in [1.165, 1.54) is 30.1 Å². The van der Waals surface area contributed by atoms with Crippen molar-refractivity contribution >= 4 is 23.1 Å². The molecule has 5 nitrogen and oxygen atoms in total. The first-order valence-electron chi connectivity index (χ1n) is 10.4. The van der Waals surface area contributed by atoms with Crippen molar-refractivity contribution in [1.29, 1.82) is 0 Å². The number of benzene rings is 2. The maximum Gasteiger partial charge on any atom is 0.238 e. The van der Waals surface area contributed by atoms with Crippen molar-refractivity contribution in [3.8, 4) is 5.75 Å². The van der Waals surface area contributed by atoms with E-state index < -0.39 is 29.4 Å². The van der Waals surface area contributed by atoms with Crippen LogP contribution in [-0.4, -0.2) is 29.1 Å². The van der Waals surface area contributed by atoms with Gasteiger partial charge in [-0.15, -0.1) is 0 Å². The molecule has 1 heterocycles. The molecule has 32 heavy (non-hydrogen) atoms. The van der Waals surface area contributed by atoms with E-state index in [9.17, 15) is 18.0 Å². The number of aryl methyl sites for hydroxylation is 1. The minimum absolute atomic E-state index is 0.0902. The number of hydrogen-bond acceptors (Lipinski definition) is 4. The molecule has 0 spiro atoms. The predicted molar refractivity (Wildman–Crippen MR) is 119 cm³/mol. The van der Waals surface area contributed by atoms with Crippen LogP contribution in [0.2, 0.25) is 0 Å². The number of fused-ring (bicyclic) bond motifs is 1. The molecule has 2 atom stereocenters. The van der Waals surface area contributed by atoms with Gasteiger partial charge < -0.3 is 10.5 Å².